The van der Waals surface area contributed by atoms with E-state index in [4.69, 9.17) is 0 Å². The lowest BCUT2D eigenvalue weighted by atomic mass is 10.3. The molecule has 1 aliphatic rings. The zero-order chi connectivity index (χ0) is 15.1. The van der Waals surface area contributed by atoms with Gasteiger partial charge in [-0.2, -0.15) is 0 Å². The summed E-state index contributed by atoms with van der Waals surface area (Å²) in [6.45, 7) is 2.45. The SMILES string of the molecule is CC1CC1CN(C)S(=O)(=O)c1ccc(O)c([N+](=O)[O-])c1. The minimum absolute atomic E-state index is 0.183. The van der Waals surface area contributed by atoms with Crippen LogP contribution in [0.1, 0.15) is 13.3 Å². The van der Waals surface area contributed by atoms with Crippen LogP contribution in [0.2, 0.25) is 0 Å². The fraction of sp³-hybridized carbons (Fsp3) is 0.500. The van der Waals surface area contributed by atoms with E-state index >= 15 is 0 Å². The molecule has 2 rings (SSSR count). The summed E-state index contributed by atoms with van der Waals surface area (Å²) in [5, 5.41) is 20.1. The standard InChI is InChI=1S/C12H16N2O5S/c1-8-5-9(8)7-13(2)20(18,19)10-3-4-12(15)11(6-10)14(16)17/h3-4,6,8-9,15H,5,7H2,1-2H3. The van der Waals surface area contributed by atoms with Crippen molar-refractivity contribution in [2.75, 3.05) is 13.6 Å². The normalized spacial score (nSPS) is 21.9. The van der Waals surface area contributed by atoms with E-state index in [-0.39, 0.29) is 4.90 Å². The Balaban J connectivity index is 2.29. The summed E-state index contributed by atoms with van der Waals surface area (Å²) >= 11 is 0. The molecule has 1 fully saturated rings. The largest absolute Gasteiger partial charge is 0.502 e. The van der Waals surface area contributed by atoms with Crippen molar-refractivity contribution < 1.29 is 18.4 Å². The van der Waals surface area contributed by atoms with Gasteiger partial charge in [-0.15, -0.1) is 0 Å². The molecule has 2 unspecified atom stereocenters. The van der Waals surface area contributed by atoms with Gasteiger partial charge in [0.25, 0.3) is 0 Å². The highest BCUT2D eigenvalue weighted by Gasteiger charge is 2.36. The van der Waals surface area contributed by atoms with Crippen LogP contribution >= 0.6 is 0 Å². The van der Waals surface area contributed by atoms with E-state index in [1.165, 1.54) is 17.4 Å². The number of nitro benzene ring substituents is 1. The van der Waals surface area contributed by atoms with Crippen molar-refractivity contribution in [3.63, 3.8) is 0 Å². The van der Waals surface area contributed by atoms with Gasteiger partial charge in [-0.3, -0.25) is 10.1 Å². The van der Waals surface area contributed by atoms with Gasteiger partial charge >= 0.3 is 5.69 Å². The third-order valence-electron chi connectivity index (χ3n) is 3.62. The number of nitro groups is 1. The van der Waals surface area contributed by atoms with Gasteiger partial charge in [0, 0.05) is 19.7 Å². The number of nitrogens with zero attached hydrogens (tertiary/aromatic N) is 2. The Hall–Kier alpha value is -1.67. The number of phenolic OH excluding ortho intramolecular Hbond substituents is 1. The Morgan fingerprint density at radius 1 is 1.50 bits per heavy atom. The Bertz CT molecular complexity index is 643. The number of hydrogen-bond donors (Lipinski definition) is 1. The van der Waals surface area contributed by atoms with Crippen molar-refractivity contribution in [2.24, 2.45) is 11.8 Å². The second kappa shape index (κ2) is 5.02. The van der Waals surface area contributed by atoms with Crippen molar-refractivity contribution >= 4 is 15.7 Å². The van der Waals surface area contributed by atoms with Crippen molar-refractivity contribution in [1.29, 1.82) is 0 Å². The minimum Gasteiger partial charge on any atom is -0.502 e. The van der Waals surface area contributed by atoms with Crippen LogP contribution in [0.4, 0.5) is 5.69 Å². The third kappa shape index (κ3) is 2.75. The fourth-order valence-electron chi connectivity index (χ4n) is 2.07. The number of phenols is 1. The highest BCUT2D eigenvalue weighted by molar-refractivity contribution is 7.89. The molecule has 0 radical (unpaired) electrons. The van der Waals surface area contributed by atoms with E-state index in [9.17, 15) is 23.6 Å². The molecule has 1 aromatic rings. The lowest BCUT2D eigenvalue weighted by Crippen LogP contribution is -2.29. The molecule has 7 nitrogen and oxygen atoms in total. The number of hydrogen-bond acceptors (Lipinski definition) is 5. The molecule has 0 bridgehead atoms. The molecule has 0 spiro atoms. The predicted molar refractivity (Wildman–Crippen MR) is 71.8 cm³/mol. The minimum atomic E-state index is -3.77. The highest BCUT2D eigenvalue weighted by Crippen LogP contribution is 2.39. The average molecular weight is 300 g/mol. The van der Waals surface area contributed by atoms with Gasteiger partial charge in [0.15, 0.2) is 5.75 Å². The maximum Gasteiger partial charge on any atom is 0.312 e. The van der Waals surface area contributed by atoms with Crippen LogP contribution in [-0.2, 0) is 10.0 Å². The monoisotopic (exact) mass is 300 g/mol. The van der Waals surface area contributed by atoms with Crippen LogP contribution < -0.4 is 0 Å². The molecule has 1 aromatic carbocycles. The second-order valence-corrected chi connectivity index (χ2v) is 7.21. The van der Waals surface area contributed by atoms with E-state index in [2.05, 4.69) is 6.92 Å². The molecule has 1 saturated carbocycles. The van der Waals surface area contributed by atoms with Gasteiger partial charge in [-0.25, -0.2) is 12.7 Å². The summed E-state index contributed by atoms with van der Waals surface area (Å²) < 4.78 is 25.8. The Morgan fingerprint density at radius 2 is 2.10 bits per heavy atom. The van der Waals surface area contributed by atoms with Gasteiger partial charge in [0.05, 0.1) is 9.82 Å². The Morgan fingerprint density at radius 3 is 2.60 bits per heavy atom. The number of benzene rings is 1. The van der Waals surface area contributed by atoms with E-state index in [1.54, 1.807) is 0 Å². The third-order valence-corrected chi connectivity index (χ3v) is 5.44. The summed E-state index contributed by atoms with van der Waals surface area (Å²) in [5.74, 6) is 0.316. The molecular weight excluding hydrogens is 284 g/mol. The molecule has 1 N–H and O–H groups in total. The quantitative estimate of drug-likeness (QED) is 0.657. The maximum absolute atomic E-state index is 12.3. The second-order valence-electron chi connectivity index (χ2n) is 5.17. The summed E-state index contributed by atoms with van der Waals surface area (Å²) in [4.78, 5) is 9.75. The molecule has 0 saturated heterocycles. The molecular formula is C12H16N2O5S. The Labute approximate surface area is 117 Å². The molecule has 8 heteroatoms. The van der Waals surface area contributed by atoms with Crippen LogP contribution in [0.5, 0.6) is 5.75 Å². The van der Waals surface area contributed by atoms with Crippen molar-refractivity contribution in [3.8, 4) is 5.75 Å². The van der Waals surface area contributed by atoms with Gasteiger partial charge in [0.2, 0.25) is 10.0 Å². The van der Waals surface area contributed by atoms with Crippen LogP contribution in [0.15, 0.2) is 23.1 Å². The van der Waals surface area contributed by atoms with Crippen LogP contribution in [0.3, 0.4) is 0 Å². The van der Waals surface area contributed by atoms with Crippen LogP contribution in [-0.4, -0.2) is 36.3 Å². The first kappa shape index (κ1) is 14.7. The highest BCUT2D eigenvalue weighted by atomic mass is 32.2. The molecule has 2 atom stereocenters. The van der Waals surface area contributed by atoms with E-state index in [0.717, 1.165) is 18.6 Å². The number of sulfonamides is 1. The Kier molecular flexibility index (Phi) is 3.70. The first-order valence-electron chi connectivity index (χ1n) is 6.17. The molecule has 0 amide bonds. The lowest BCUT2D eigenvalue weighted by Gasteiger charge is -2.17. The zero-order valence-corrected chi connectivity index (χ0v) is 12.0. The number of rotatable bonds is 5. The summed E-state index contributed by atoms with van der Waals surface area (Å²) in [6.07, 6.45) is 0.996. The van der Waals surface area contributed by atoms with Crippen LogP contribution in [0, 0.1) is 22.0 Å². The first-order valence-corrected chi connectivity index (χ1v) is 7.61. The molecule has 0 aromatic heterocycles. The molecule has 20 heavy (non-hydrogen) atoms. The first-order chi connectivity index (χ1) is 9.23. The molecule has 0 aliphatic heterocycles. The maximum atomic E-state index is 12.3. The van der Waals surface area contributed by atoms with Gasteiger partial charge in [0.1, 0.15) is 0 Å². The van der Waals surface area contributed by atoms with Gasteiger partial charge in [-0.05, 0) is 30.4 Å². The summed E-state index contributed by atoms with van der Waals surface area (Å²) in [6, 6.07) is 3.08. The smallest absolute Gasteiger partial charge is 0.312 e. The average Bonchev–Trinajstić information content (AvgIpc) is 3.04. The zero-order valence-electron chi connectivity index (χ0n) is 11.2. The van der Waals surface area contributed by atoms with Crippen molar-refractivity contribution in [2.45, 2.75) is 18.2 Å². The summed E-state index contributed by atoms with van der Waals surface area (Å²) in [7, 11) is -2.32. The van der Waals surface area contributed by atoms with E-state index < -0.39 is 26.4 Å². The van der Waals surface area contributed by atoms with E-state index in [0.29, 0.717) is 18.4 Å². The molecule has 1 aliphatic carbocycles. The number of aromatic hydroxyl groups is 1. The summed E-state index contributed by atoms with van der Waals surface area (Å²) in [5.41, 5.74) is -0.612. The van der Waals surface area contributed by atoms with Crippen molar-refractivity contribution in [3.05, 3.63) is 28.3 Å². The topological polar surface area (TPSA) is 101 Å². The van der Waals surface area contributed by atoms with Gasteiger partial charge in [-0.1, -0.05) is 6.92 Å². The van der Waals surface area contributed by atoms with E-state index in [1.807, 2.05) is 0 Å². The lowest BCUT2D eigenvalue weighted by molar-refractivity contribution is -0.386. The predicted octanol–water partition coefficient (Wildman–Crippen LogP) is 1.58. The molecule has 0 heterocycles. The van der Waals surface area contributed by atoms with Gasteiger partial charge < -0.3 is 5.11 Å². The van der Waals surface area contributed by atoms with Crippen LogP contribution in [0.25, 0.3) is 0 Å². The molecule has 110 valence electrons. The fourth-order valence-corrected chi connectivity index (χ4v) is 3.32. The van der Waals surface area contributed by atoms with Crippen molar-refractivity contribution in [1.82, 2.24) is 4.31 Å².